The van der Waals surface area contributed by atoms with Gasteiger partial charge in [-0.25, -0.2) is 9.37 Å². The number of aromatic nitrogens is 4. The molecule has 1 atom stereocenters. The Bertz CT molecular complexity index is 1420. The number of hydrogen-bond donors (Lipinski definition) is 3. The smallest absolute Gasteiger partial charge is 0.221 e. The molecular weight excluding hydrogens is 429 g/mol. The molecule has 3 N–H and O–H groups in total. The summed E-state index contributed by atoms with van der Waals surface area (Å²) < 4.78 is 13.5. The third kappa shape index (κ3) is 4.45. The Balaban J connectivity index is 1.40. The van der Waals surface area contributed by atoms with Gasteiger partial charge in [-0.3, -0.25) is 9.89 Å². The van der Waals surface area contributed by atoms with Crippen LogP contribution in [0.25, 0.3) is 22.2 Å². The van der Waals surface area contributed by atoms with Gasteiger partial charge in [-0.2, -0.15) is 5.10 Å². The minimum Gasteiger partial charge on any atom is -0.354 e. The van der Waals surface area contributed by atoms with Crippen molar-refractivity contribution in [2.75, 3.05) is 0 Å². The molecule has 0 spiro atoms. The SMILES string of the molecule is Cc1nc(C(NC(=O)CCc2c(-c3ccc(F)cc3)[nH]c3ccccc23)c2ccccc2)n[nH]1. The fourth-order valence-electron chi connectivity index (χ4n) is 4.23. The molecule has 0 saturated carbocycles. The first kappa shape index (κ1) is 21.6. The molecule has 0 aliphatic rings. The van der Waals surface area contributed by atoms with Gasteiger partial charge in [0.2, 0.25) is 5.91 Å². The summed E-state index contributed by atoms with van der Waals surface area (Å²) in [7, 11) is 0. The molecule has 7 heteroatoms. The second kappa shape index (κ2) is 9.31. The van der Waals surface area contributed by atoms with Crippen LogP contribution in [-0.4, -0.2) is 26.1 Å². The van der Waals surface area contributed by atoms with E-state index in [2.05, 4.69) is 25.5 Å². The molecule has 2 aromatic heterocycles. The van der Waals surface area contributed by atoms with E-state index in [0.29, 0.717) is 18.1 Å². The lowest BCUT2D eigenvalue weighted by Gasteiger charge is -2.16. The van der Waals surface area contributed by atoms with E-state index in [9.17, 15) is 9.18 Å². The molecular formula is C27H24FN5O. The molecule has 1 unspecified atom stereocenters. The lowest BCUT2D eigenvalue weighted by molar-refractivity contribution is -0.121. The van der Waals surface area contributed by atoms with Crippen LogP contribution in [0.5, 0.6) is 0 Å². The summed E-state index contributed by atoms with van der Waals surface area (Å²) in [5.74, 6) is 0.825. The molecule has 0 aliphatic carbocycles. The van der Waals surface area contributed by atoms with Crippen LogP contribution in [0.2, 0.25) is 0 Å². The van der Waals surface area contributed by atoms with E-state index < -0.39 is 6.04 Å². The van der Waals surface area contributed by atoms with Gasteiger partial charge < -0.3 is 10.3 Å². The molecule has 170 valence electrons. The number of benzene rings is 3. The van der Waals surface area contributed by atoms with Gasteiger partial charge in [-0.05, 0) is 60.4 Å². The summed E-state index contributed by atoms with van der Waals surface area (Å²) in [5, 5.41) is 11.3. The fraction of sp³-hybridized carbons (Fsp3) is 0.148. The monoisotopic (exact) mass is 453 g/mol. The molecule has 0 radical (unpaired) electrons. The van der Waals surface area contributed by atoms with Gasteiger partial charge in [0.1, 0.15) is 17.7 Å². The highest BCUT2D eigenvalue weighted by atomic mass is 19.1. The van der Waals surface area contributed by atoms with Gasteiger partial charge in [0.15, 0.2) is 5.82 Å². The van der Waals surface area contributed by atoms with Crippen molar-refractivity contribution in [1.82, 2.24) is 25.5 Å². The molecule has 3 aromatic carbocycles. The van der Waals surface area contributed by atoms with Gasteiger partial charge >= 0.3 is 0 Å². The normalized spacial score (nSPS) is 12.1. The Morgan fingerprint density at radius 3 is 2.47 bits per heavy atom. The number of nitrogens with zero attached hydrogens (tertiary/aromatic N) is 2. The summed E-state index contributed by atoms with van der Waals surface area (Å²) in [6.07, 6.45) is 0.805. The van der Waals surface area contributed by atoms with Gasteiger partial charge in [0.25, 0.3) is 0 Å². The van der Waals surface area contributed by atoms with Crippen molar-refractivity contribution in [3.63, 3.8) is 0 Å². The highest BCUT2D eigenvalue weighted by molar-refractivity contribution is 5.91. The average Bonchev–Trinajstić information content (AvgIpc) is 3.45. The quantitative estimate of drug-likeness (QED) is 0.315. The minimum atomic E-state index is -0.446. The first-order valence-electron chi connectivity index (χ1n) is 11.2. The van der Waals surface area contributed by atoms with E-state index in [1.807, 2.05) is 61.5 Å². The van der Waals surface area contributed by atoms with Crippen LogP contribution >= 0.6 is 0 Å². The number of halogens is 1. The number of nitrogens with one attached hydrogen (secondary N) is 3. The van der Waals surface area contributed by atoms with Crippen molar-refractivity contribution in [2.45, 2.75) is 25.8 Å². The van der Waals surface area contributed by atoms with Crippen molar-refractivity contribution >= 4 is 16.8 Å². The zero-order valence-corrected chi connectivity index (χ0v) is 18.7. The Kier molecular flexibility index (Phi) is 5.91. The molecule has 5 rings (SSSR count). The molecule has 0 saturated heterocycles. The molecule has 5 aromatic rings. The second-order valence-corrected chi connectivity index (χ2v) is 8.22. The van der Waals surface area contributed by atoms with Gasteiger partial charge in [0, 0.05) is 23.0 Å². The maximum absolute atomic E-state index is 13.5. The summed E-state index contributed by atoms with van der Waals surface area (Å²) in [6.45, 7) is 1.83. The minimum absolute atomic E-state index is 0.105. The summed E-state index contributed by atoms with van der Waals surface area (Å²) >= 11 is 0. The van der Waals surface area contributed by atoms with Crippen LogP contribution in [-0.2, 0) is 11.2 Å². The van der Waals surface area contributed by atoms with Crippen LogP contribution < -0.4 is 5.32 Å². The number of hydrogen-bond acceptors (Lipinski definition) is 3. The predicted octanol–water partition coefficient (Wildman–Crippen LogP) is 5.24. The van der Waals surface area contributed by atoms with Gasteiger partial charge in [0.05, 0.1) is 0 Å². The van der Waals surface area contributed by atoms with Crippen LogP contribution in [0.1, 0.15) is 35.2 Å². The number of H-pyrrole nitrogens is 2. The first-order chi connectivity index (χ1) is 16.6. The second-order valence-electron chi connectivity index (χ2n) is 8.22. The Morgan fingerprint density at radius 2 is 1.74 bits per heavy atom. The maximum atomic E-state index is 13.5. The Labute approximate surface area is 196 Å². The maximum Gasteiger partial charge on any atom is 0.221 e. The molecule has 0 fully saturated rings. The van der Waals surface area contributed by atoms with Crippen molar-refractivity contribution in [1.29, 1.82) is 0 Å². The average molecular weight is 454 g/mol. The number of para-hydroxylation sites is 1. The third-order valence-electron chi connectivity index (χ3n) is 5.86. The molecule has 0 bridgehead atoms. The van der Waals surface area contributed by atoms with E-state index in [-0.39, 0.29) is 18.1 Å². The number of aryl methyl sites for hydroxylation is 2. The third-order valence-corrected chi connectivity index (χ3v) is 5.86. The van der Waals surface area contributed by atoms with Crippen molar-refractivity contribution in [3.05, 3.63) is 107 Å². The van der Waals surface area contributed by atoms with Crippen LogP contribution in [0.15, 0.2) is 78.9 Å². The molecule has 6 nitrogen and oxygen atoms in total. The topological polar surface area (TPSA) is 86.5 Å². The molecule has 34 heavy (non-hydrogen) atoms. The number of carbonyl (C=O) groups excluding carboxylic acids is 1. The number of amides is 1. The van der Waals surface area contributed by atoms with Crippen molar-refractivity contribution in [2.24, 2.45) is 0 Å². The number of fused-ring (bicyclic) bond motifs is 1. The Morgan fingerprint density at radius 1 is 1.00 bits per heavy atom. The molecule has 1 amide bonds. The van der Waals surface area contributed by atoms with E-state index in [1.54, 1.807) is 12.1 Å². The number of aromatic amines is 2. The van der Waals surface area contributed by atoms with Crippen molar-refractivity contribution in [3.8, 4) is 11.3 Å². The van der Waals surface area contributed by atoms with Gasteiger partial charge in [-0.15, -0.1) is 0 Å². The van der Waals surface area contributed by atoms with E-state index >= 15 is 0 Å². The lowest BCUT2D eigenvalue weighted by atomic mass is 10.0. The zero-order valence-electron chi connectivity index (χ0n) is 18.7. The number of rotatable bonds is 7. The van der Waals surface area contributed by atoms with Crippen LogP contribution in [0.3, 0.4) is 0 Å². The molecule has 2 heterocycles. The summed E-state index contributed by atoms with van der Waals surface area (Å²) in [4.78, 5) is 21.0. The van der Waals surface area contributed by atoms with Crippen LogP contribution in [0, 0.1) is 12.7 Å². The standard InChI is InChI=1S/C27H24FN5O/c1-17-29-27(33-32-17)26(18-7-3-2-4-8-18)31-24(34)16-15-22-21-9-5-6-10-23(21)30-25(22)19-11-13-20(28)14-12-19/h2-14,26,30H,15-16H2,1H3,(H,31,34)(H,29,32,33). The largest absolute Gasteiger partial charge is 0.354 e. The van der Waals surface area contributed by atoms with Crippen molar-refractivity contribution < 1.29 is 9.18 Å². The van der Waals surface area contributed by atoms with E-state index in [1.165, 1.54) is 12.1 Å². The first-order valence-corrected chi connectivity index (χ1v) is 11.2. The summed E-state index contributed by atoms with van der Waals surface area (Å²) in [5.41, 5.74) is 4.71. The predicted molar refractivity (Wildman–Crippen MR) is 130 cm³/mol. The lowest BCUT2D eigenvalue weighted by Crippen LogP contribution is -2.30. The Hall–Kier alpha value is -4.26. The summed E-state index contributed by atoms with van der Waals surface area (Å²) in [6, 6.07) is 23.6. The van der Waals surface area contributed by atoms with Crippen LogP contribution in [0.4, 0.5) is 4.39 Å². The fourth-order valence-corrected chi connectivity index (χ4v) is 4.23. The highest BCUT2D eigenvalue weighted by Crippen LogP contribution is 2.31. The highest BCUT2D eigenvalue weighted by Gasteiger charge is 2.21. The molecule has 0 aliphatic heterocycles. The van der Waals surface area contributed by atoms with E-state index in [0.717, 1.165) is 33.3 Å². The number of carbonyl (C=O) groups is 1. The van der Waals surface area contributed by atoms with Gasteiger partial charge in [-0.1, -0.05) is 48.5 Å². The van der Waals surface area contributed by atoms with E-state index in [4.69, 9.17) is 0 Å². The zero-order chi connectivity index (χ0) is 23.5.